The van der Waals surface area contributed by atoms with E-state index in [-0.39, 0.29) is 36.7 Å². The molecule has 7 heteroatoms. The first kappa shape index (κ1) is 21.9. The Labute approximate surface area is 148 Å². The van der Waals surface area contributed by atoms with Crippen molar-refractivity contribution < 1.29 is 13.9 Å². The quantitative estimate of drug-likeness (QED) is 0.630. The number of hydrogen-bond acceptors (Lipinski definition) is 4. The highest BCUT2D eigenvalue weighted by Gasteiger charge is 2.04. The van der Waals surface area contributed by atoms with E-state index in [1.54, 1.807) is 19.1 Å². The number of halogens is 3. The second kappa shape index (κ2) is 11.4. The first-order valence-corrected chi connectivity index (χ1v) is 7.09. The summed E-state index contributed by atoms with van der Waals surface area (Å²) in [5.41, 5.74) is 0.862. The Bertz CT molecular complexity index is 547. The summed E-state index contributed by atoms with van der Waals surface area (Å²) in [6.45, 7) is 4.56. The summed E-state index contributed by atoms with van der Waals surface area (Å²) < 4.78 is 18.6. The molecule has 1 aromatic carbocycles. The maximum Gasteiger partial charge on any atom is 0.134 e. The SMILES string of the molecule is CC(O)CNCCNCc1ccc(-c2ccc(F)cc2)o1.Cl.Cl. The van der Waals surface area contributed by atoms with Gasteiger partial charge in [-0.2, -0.15) is 0 Å². The van der Waals surface area contributed by atoms with E-state index in [9.17, 15) is 4.39 Å². The molecule has 1 atom stereocenters. The van der Waals surface area contributed by atoms with Gasteiger partial charge in [0.2, 0.25) is 0 Å². The summed E-state index contributed by atoms with van der Waals surface area (Å²) >= 11 is 0. The number of rotatable bonds is 8. The van der Waals surface area contributed by atoms with Crippen LogP contribution >= 0.6 is 24.8 Å². The molecule has 0 bridgehead atoms. The lowest BCUT2D eigenvalue weighted by Gasteiger charge is -2.07. The van der Waals surface area contributed by atoms with Crippen molar-refractivity contribution >= 4 is 24.8 Å². The largest absolute Gasteiger partial charge is 0.460 e. The summed E-state index contributed by atoms with van der Waals surface area (Å²) in [7, 11) is 0. The van der Waals surface area contributed by atoms with Crippen LogP contribution in [0, 0.1) is 5.82 Å². The van der Waals surface area contributed by atoms with Crippen molar-refractivity contribution in [1.29, 1.82) is 0 Å². The number of furan rings is 1. The summed E-state index contributed by atoms with van der Waals surface area (Å²) in [5.74, 6) is 1.32. The molecular weight excluding hydrogens is 342 g/mol. The molecule has 0 aliphatic heterocycles. The minimum atomic E-state index is -0.326. The van der Waals surface area contributed by atoms with Crippen LogP contribution in [-0.2, 0) is 6.54 Å². The highest BCUT2D eigenvalue weighted by molar-refractivity contribution is 5.85. The van der Waals surface area contributed by atoms with Crippen molar-refractivity contribution in [2.45, 2.75) is 19.6 Å². The number of nitrogens with one attached hydrogen (secondary N) is 2. The predicted molar refractivity (Wildman–Crippen MR) is 94.9 cm³/mol. The van der Waals surface area contributed by atoms with Crippen LogP contribution in [0.3, 0.4) is 0 Å². The summed E-state index contributed by atoms with van der Waals surface area (Å²) in [6.07, 6.45) is -0.326. The van der Waals surface area contributed by atoms with Crippen molar-refractivity contribution in [3.63, 3.8) is 0 Å². The van der Waals surface area contributed by atoms with Crippen LogP contribution in [0.2, 0.25) is 0 Å². The van der Waals surface area contributed by atoms with E-state index in [1.807, 2.05) is 12.1 Å². The Morgan fingerprint density at radius 2 is 1.70 bits per heavy atom. The average molecular weight is 365 g/mol. The van der Waals surface area contributed by atoms with E-state index in [1.165, 1.54) is 12.1 Å². The third kappa shape index (κ3) is 7.81. The van der Waals surface area contributed by atoms with Gasteiger partial charge in [0.1, 0.15) is 17.3 Å². The van der Waals surface area contributed by atoms with E-state index < -0.39 is 0 Å². The van der Waals surface area contributed by atoms with E-state index in [2.05, 4.69) is 10.6 Å². The summed E-state index contributed by atoms with van der Waals surface area (Å²) in [4.78, 5) is 0. The molecule has 0 saturated heterocycles. The maximum absolute atomic E-state index is 12.9. The normalized spacial score (nSPS) is 11.4. The minimum Gasteiger partial charge on any atom is -0.460 e. The van der Waals surface area contributed by atoms with Crippen LogP contribution in [0.5, 0.6) is 0 Å². The van der Waals surface area contributed by atoms with E-state index in [0.29, 0.717) is 13.1 Å². The molecule has 1 heterocycles. The van der Waals surface area contributed by atoms with E-state index in [4.69, 9.17) is 9.52 Å². The van der Waals surface area contributed by atoms with Crippen LogP contribution in [-0.4, -0.2) is 30.8 Å². The molecule has 0 fully saturated rings. The molecule has 130 valence electrons. The molecule has 0 saturated carbocycles. The number of benzene rings is 1. The number of aliphatic hydroxyl groups is 1. The molecular formula is C16H23Cl2FN2O2. The topological polar surface area (TPSA) is 57.4 Å². The van der Waals surface area contributed by atoms with Crippen LogP contribution in [0.4, 0.5) is 4.39 Å². The highest BCUT2D eigenvalue weighted by atomic mass is 35.5. The molecule has 0 aliphatic carbocycles. The molecule has 0 spiro atoms. The molecule has 0 radical (unpaired) electrons. The zero-order valence-corrected chi connectivity index (χ0v) is 14.6. The van der Waals surface area contributed by atoms with Gasteiger partial charge in [-0.05, 0) is 43.3 Å². The molecule has 1 unspecified atom stereocenters. The molecule has 1 aromatic heterocycles. The van der Waals surface area contributed by atoms with E-state index in [0.717, 1.165) is 30.2 Å². The van der Waals surface area contributed by atoms with Gasteiger partial charge in [-0.15, -0.1) is 24.8 Å². The fourth-order valence-corrected chi connectivity index (χ4v) is 1.94. The smallest absolute Gasteiger partial charge is 0.134 e. The van der Waals surface area contributed by atoms with Gasteiger partial charge in [-0.1, -0.05) is 0 Å². The molecule has 4 nitrogen and oxygen atoms in total. The van der Waals surface area contributed by atoms with Gasteiger partial charge in [-0.25, -0.2) is 4.39 Å². The fourth-order valence-electron chi connectivity index (χ4n) is 1.94. The molecule has 0 aliphatic rings. The van der Waals surface area contributed by atoms with Gasteiger partial charge in [-0.3, -0.25) is 0 Å². The van der Waals surface area contributed by atoms with Gasteiger partial charge in [0.15, 0.2) is 0 Å². The monoisotopic (exact) mass is 364 g/mol. The van der Waals surface area contributed by atoms with E-state index >= 15 is 0 Å². The van der Waals surface area contributed by atoms with Crippen molar-refractivity contribution in [1.82, 2.24) is 10.6 Å². The third-order valence-corrected chi connectivity index (χ3v) is 3.01. The maximum atomic E-state index is 12.9. The van der Waals surface area contributed by atoms with Gasteiger partial charge in [0, 0.05) is 25.2 Å². The highest BCUT2D eigenvalue weighted by Crippen LogP contribution is 2.22. The number of aliphatic hydroxyl groups excluding tert-OH is 1. The molecule has 23 heavy (non-hydrogen) atoms. The van der Waals surface area contributed by atoms with Gasteiger partial charge >= 0.3 is 0 Å². The minimum absolute atomic E-state index is 0. The lowest BCUT2D eigenvalue weighted by Crippen LogP contribution is -2.31. The van der Waals surface area contributed by atoms with Crippen molar-refractivity contribution in [3.8, 4) is 11.3 Å². The Morgan fingerprint density at radius 1 is 1.04 bits per heavy atom. The Balaban J connectivity index is 0.00000242. The third-order valence-electron chi connectivity index (χ3n) is 3.01. The summed E-state index contributed by atoms with van der Waals surface area (Å²) in [6, 6.07) is 10.0. The van der Waals surface area contributed by atoms with Crippen LogP contribution in [0.25, 0.3) is 11.3 Å². The fraction of sp³-hybridized carbons (Fsp3) is 0.375. The first-order chi connectivity index (χ1) is 10.1. The lowest BCUT2D eigenvalue weighted by molar-refractivity contribution is 0.191. The molecule has 2 rings (SSSR count). The van der Waals surface area contributed by atoms with Crippen molar-refractivity contribution in [3.05, 3.63) is 48.0 Å². The standard InChI is InChI=1S/C16H21FN2O2.2ClH/c1-12(20)10-18-8-9-19-11-15-6-7-16(21-15)13-2-4-14(17)5-3-13;;/h2-7,12,18-20H,8-11H2,1H3;2*1H. The first-order valence-electron chi connectivity index (χ1n) is 7.09. The Hall–Kier alpha value is -1.11. The van der Waals surface area contributed by atoms with Crippen molar-refractivity contribution in [2.75, 3.05) is 19.6 Å². The number of hydrogen-bond donors (Lipinski definition) is 3. The van der Waals surface area contributed by atoms with Gasteiger partial charge < -0.3 is 20.2 Å². The Kier molecular flexibility index (Phi) is 10.9. The van der Waals surface area contributed by atoms with Crippen molar-refractivity contribution in [2.24, 2.45) is 0 Å². The molecule has 0 amide bonds. The van der Waals surface area contributed by atoms with Crippen LogP contribution in [0.1, 0.15) is 12.7 Å². The zero-order chi connectivity index (χ0) is 15.1. The average Bonchev–Trinajstić information content (AvgIpc) is 2.92. The zero-order valence-electron chi connectivity index (χ0n) is 12.9. The Morgan fingerprint density at radius 3 is 2.35 bits per heavy atom. The van der Waals surface area contributed by atoms with Gasteiger partial charge in [0.05, 0.1) is 12.6 Å². The predicted octanol–water partition coefficient (Wildman–Crippen LogP) is 2.99. The molecule has 2 aromatic rings. The van der Waals surface area contributed by atoms with Gasteiger partial charge in [0.25, 0.3) is 0 Å². The van der Waals surface area contributed by atoms with Crippen LogP contribution < -0.4 is 10.6 Å². The lowest BCUT2D eigenvalue weighted by atomic mass is 10.2. The molecule has 3 N–H and O–H groups in total. The summed E-state index contributed by atoms with van der Waals surface area (Å²) in [5, 5.41) is 15.5. The van der Waals surface area contributed by atoms with Crippen LogP contribution in [0.15, 0.2) is 40.8 Å². The second-order valence-corrected chi connectivity index (χ2v) is 5.00. The second-order valence-electron chi connectivity index (χ2n) is 5.00.